The van der Waals surface area contributed by atoms with Crippen LogP contribution in [-0.4, -0.2) is 0 Å². The number of rotatable bonds is 3. The van der Waals surface area contributed by atoms with Gasteiger partial charge in [0.05, 0.1) is 0 Å². The van der Waals surface area contributed by atoms with Crippen LogP contribution in [0.3, 0.4) is 0 Å². The highest BCUT2D eigenvalue weighted by Gasteiger charge is 2.12. The van der Waals surface area contributed by atoms with Gasteiger partial charge in [0.15, 0.2) is 6.26 Å². The molecule has 89 valence electrons. The molecule has 1 aromatic carbocycles. The van der Waals surface area contributed by atoms with Gasteiger partial charge in [0.1, 0.15) is 18.1 Å². The highest BCUT2D eigenvalue weighted by molar-refractivity contribution is 5.31. The van der Waals surface area contributed by atoms with Crippen molar-refractivity contribution in [3.05, 3.63) is 54.0 Å². The number of ether oxygens (including phenoxy) is 1. The quantitative estimate of drug-likeness (QED) is 0.795. The van der Waals surface area contributed by atoms with E-state index in [1.54, 1.807) is 6.07 Å². The lowest BCUT2D eigenvalue weighted by atomic mass is 9.87. The van der Waals surface area contributed by atoms with Crippen molar-refractivity contribution in [2.75, 3.05) is 0 Å². The maximum absolute atomic E-state index is 5.60. The van der Waals surface area contributed by atoms with Crippen LogP contribution in [0.25, 0.3) is 0 Å². The summed E-state index contributed by atoms with van der Waals surface area (Å²) in [6, 6.07) is 11.8. The molecule has 0 N–H and O–H groups in total. The summed E-state index contributed by atoms with van der Waals surface area (Å²) in [5.74, 6) is 1.64. The Morgan fingerprint density at radius 1 is 1.12 bits per heavy atom. The fourth-order valence-electron chi connectivity index (χ4n) is 1.55. The molecule has 0 saturated carbocycles. The van der Waals surface area contributed by atoms with Gasteiger partial charge >= 0.3 is 0 Å². The van der Waals surface area contributed by atoms with Gasteiger partial charge in [0.2, 0.25) is 0 Å². The number of furan rings is 1. The van der Waals surface area contributed by atoms with Gasteiger partial charge in [-0.05, 0) is 35.2 Å². The summed E-state index contributed by atoms with van der Waals surface area (Å²) in [4.78, 5) is 0. The van der Waals surface area contributed by atoms with E-state index in [1.807, 2.05) is 18.2 Å². The molecular formula is C15H17O2. The van der Waals surface area contributed by atoms with Crippen molar-refractivity contribution in [2.45, 2.75) is 32.8 Å². The molecule has 1 radical (unpaired) electrons. The van der Waals surface area contributed by atoms with E-state index in [-0.39, 0.29) is 5.41 Å². The number of hydrogen-bond acceptors (Lipinski definition) is 2. The molecule has 0 atom stereocenters. The molecule has 1 aromatic heterocycles. The zero-order valence-electron chi connectivity index (χ0n) is 10.5. The smallest absolute Gasteiger partial charge is 0.169 e. The summed E-state index contributed by atoms with van der Waals surface area (Å²) < 4.78 is 10.7. The van der Waals surface area contributed by atoms with Gasteiger partial charge < -0.3 is 9.15 Å². The van der Waals surface area contributed by atoms with Crippen molar-refractivity contribution >= 4 is 0 Å². The maximum atomic E-state index is 5.60. The normalized spacial score (nSPS) is 11.5. The molecule has 0 aliphatic carbocycles. The van der Waals surface area contributed by atoms with E-state index in [1.165, 1.54) is 5.56 Å². The molecule has 0 bridgehead atoms. The second kappa shape index (κ2) is 4.66. The summed E-state index contributed by atoms with van der Waals surface area (Å²) in [5.41, 5.74) is 1.48. The van der Waals surface area contributed by atoms with Crippen LogP contribution in [0, 0.1) is 6.26 Å². The molecule has 0 aliphatic heterocycles. The Morgan fingerprint density at radius 2 is 1.82 bits per heavy atom. The molecule has 17 heavy (non-hydrogen) atoms. The summed E-state index contributed by atoms with van der Waals surface area (Å²) in [6.45, 7) is 7.03. The van der Waals surface area contributed by atoms with E-state index in [0.29, 0.717) is 6.61 Å². The predicted molar refractivity (Wildman–Crippen MR) is 67.0 cm³/mol. The SMILES string of the molecule is CC(C)(C)c1ccc(OCc2cc[c]o2)cc1. The van der Waals surface area contributed by atoms with E-state index < -0.39 is 0 Å². The van der Waals surface area contributed by atoms with Crippen LogP contribution >= 0.6 is 0 Å². The molecule has 1 heterocycles. The summed E-state index contributed by atoms with van der Waals surface area (Å²) in [7, 11) is 0. The van der Waals surface area contributed by atoms with Crippen molar-refractivity contribution in [3.63, 3.8) is 0 Å². The second-order valence-corrected chi connectivity index (χ2v) is 5.08. The zero-order chi connectivity index (χ0) is 12.3. The summed E-state index contributed by atoms with van der Waals surface area (Å²) in [6.07, 6.45) is 2.64. The Labute approximate surface area is 102 Å². The Balaban J connectivity index is 1.99. The Kier molecular flexibility index (Phi) is 3.23. The van der Waals surface area contributed by atoms with E-state index in [4.69, 9.17) is 9.15 Å². The van der Waals surface area contributed by atoms with Gasteiger partial charge in [-0.3, -0.25) is 0 Å². The van der Waals surface area contributed by atoms with Crippen LogP contribution in [0.4, 0.5) is 0 Å². The standard InChI is InChI=1S/C15H17O2/c1-15(2,3)12-6-8-13(9-7-12)17-11-14-5-4-10-16-14/h4-9H,11H2,1-3H3. The van der Waals surface area contributed by atoms with Gasteiger partial charge in [0, 0.05) is 0 Å². The molecule has 0 fully saturated rings. The highest BCUT2D eigenvalue weighted by Crippen LogP contribution is 2.24. The van der Waals surface area contributed by atoms with E-state index in [9.17, 15) is 0 Å². The fraction of sp³-hybridized carbons (Fsp3) is 0.333. The number of benzene rings is 1. The van der Waals surface area contributed by atoms with Crippen molar-refractivity contribution < 1.29 is 9.15 Å². The molecule has 2 aromatic rings. The van der Waals surface area contributed by atoms with Gasteiger partial charge in [-0.25, -0.2) is 0 Å². The number of hydrogen-bond donors (Lipinski definition) is 0. The van der Waals surface area contributed by atoms with Crippen molar-refractivity contribution in [1.82, 2.24) is 0 Å². The van der Waals surface area contributed by atoms with Gasteiger partial charge in [-0.15, -0.1) is 0 Å². The lowest BCUT2D eigenvalue weighted by Crippen LogP contribution is -2.10. The molecule has 0 spiro atoms. The lowest BCUT2D eigenvalue weighted by molar-refractivity contribution is 0.269. The average molecular weight is 229 g/mol. The van der Waals surface area contributed by atoms with Gasteiger partial charge in [-0.2, -0.15) is 0 Å². The second-order valence-electron chi connectivity index (χ2n) is 5.08. The third kappa shape index (κ3) is 3.13. The molecular weight excluding hydrogens is 212 g/mol. The lowest BCUT2D eigenvalue weighted by Gasteiger charge is -2.19. The third-order valence-corrected chi connectivity index (χ3v) is 2.63. The highest BCUT2D eigenvalue weighted by atomic mass is 16.5. The van der Waals surface area contributed by atoms with Crippen LogP contribution < -0.4 is 4.74 Å². The minimum atomic E-state index is 0.175. The Morgan fingerprint density at radius 3 is 2.35 bits per heavy atom. The van der Waals surface area contributed by atoms with E-state index >= 15 is 0 Å². The van der Waals surface area contributed by atoms with Gasteiger partial charge in [-0.1, -0.05) is 32.9 Å². The molecule has 2 heteroatoms. The minimum Gasteiger partial charge on any atom is -0.486 e. The summed E-state index contributed by atoms with van der Waals surface area (Å²) in [5, 5.41) is 0. The maximum Gasteiger partial charge on any atom is 0.169 e. The monoisotopic (exact) mass is 229 g/mol. The molecule has 2 rings (SSSR count). The van der Waals surface area contributed by atoms with Gasteiger partial charge in [0.25, 0.3) is 0 Å². The van der Waals surface area contributed by atoms with Crippen molar-refractivity contribution in [3.8, 4) is 5.75 Å². The molecule has 2 nitrogen and oxygen atoms in total. The molecule has 0 unspecified atom stereocenters. The van der Waals surface area contributed by atoms with Crippen molar-refractivity contribution in [2.24, 2.45) is 0 Å². The minimum absolute atomic E-state index is 0.175. The average Bonchev–Trinajstić information content (AvgIpc) is 2.78. The molecule has 0 aliphatic rings. The zero-order valence-corrected chi connectivity index (χ0v) is 10.5. The fourth-order valence-corrected chi connectivity index (χ4v) is 1.55. The van der Waals surface area contributed by atoms with Crippen LogP contribution in [0.2, 0.25) is 0 Å². The first-order valence-corrected chi connectivity index (χ1v) is 5.74. The van der Waals surface area contributed by atoms with E-state index in [0.717, 1.165) is 11.5 Å². The Bertz CT molecular complexity index is 447. The third-order valence-electron chi connectivity index (χ3n) is 2.63. The predicted octanol–water partition coefficient (Wildman–Crippen LogP) is 3.96. The Hall–Kier alpha value is -1.70. The van der Waals surface area contributed by atoms with Crippen molar-refractivity contribution in [1.29, 1.82) is 0 Å². The molecule has 0 amide bonds. The van der Waals surface area contributed by atoms with Crippen LogP contribution in [0.5, 0.6) is 5.75 Å². The first-order chi connectivity index (χ1) is 8.05. The molecule has 0 saturated heterocycles. The van der Waals surface area contributed by atoms with Crippen LogP contribution in [0.1, 0.15) is 32.1 Å². The van der Waals surface area contributed by atoms with Crippen LogP contribution in [-0.2, 0) is 12.0 Å². The first kappa shape index (κ1) is 11.8. The first-order valence-electron chi connectivity index (χ1n) is 5.74. The summed E-state index contributed by atoms with van der Waals surface area (Å²) >= 11 is 0. The topological polar surface area (TPSA) is 22.4 Å². The largest absolute Gasteiger partial charge is 0.486 e. The van der Waals surface area contributed by atoms with Crippen LogP contribution in [0.15, 0.2) is 40.8 Å². The van der Waals surface area contributed by atoms with E-state index in [2.05, 4.69) is 39.2 Å².